The Labute approximate surface area is 321 Å². The minimum atomic E-state index is -3.06. The maximum atomic E-state index is 12.9. The Morgan fingerprint density at radius 3 is 2.07 bits per heavy atom. The van der Waals surface area contributed by atoms with Crippen LogP contribution < -0.4 is 5.32 Å². The van der Waals surface area contributed by atoms with Gasteiger partial charge in [-0.05, 0) is 19.9 Å². The van der Waals surface area contributed by atoms with E-state index >= 15 is 0 Å². The molecule has 326 valence electrons. The molecule has 56 heavy (non-hydrogen) atoms. The zero-order valence-electron chi connectivity index (χ0n) is 31.2. The first-order chi connectivity index (χ1) is 26.4. The number of nitrogens with one attached hydrogen (secondary N) is 1. The molecule has 20 atom stereocenters. The number of rotatable bonds is 16. The second-order valence-electron chi connectivity index (χ2n) is 14.7. The van der Waals surface area contributed by atoms with Crippen LogP contribution in [0.3, 0.4) is 0 Å². The zero-order valence-corrected chi connectivity index (χ0v) is 31.2. The number of amides is 1. The first-order valence-corrected chi connectivity index (χ1v) is 18.5. The summed E-state index contributed by atoms with van der Waals surface area (Å²) in [4.78, 5) is 26.5. The number of aliphatic hydroxyl groups excluding tert-OH is 12. The normalized spacial score (nSPS) is 44.9. The van der Waals surface area contributed by atoms with E-state index in [0.717, 1.165) is 13.3 Å². The van der Waals surface area contributed by atoms with Gasteiger partial charge in [0.1, 0.15) is 73.2 Å². The van der Waals surface area contributed by atoms with Crippen LogP contribution in [0, 0.1) is 0 Å². The molecule has 14 N–H and O–H groups in total. The molecule has 0 aliphatic carbocycles. The van der Waals surface area contributed by atoms with Crippen LogP contribution in [-0.4, -0.2) is 238 Å². The van der Waals surface area contributed by atoms with Crippen LogP contribution in [0.5, 0.6) is 0 Å². The number of β-amino-alcohol motifs (C(OH)–C–C–N with tert-alkyl or cyclic N) is 1. The summed E-state index contributed by atoms with van der Waals surface area (Å²) in [5, 5.41) is 141. The molecular formula is C33H58N2O21. The molecule has 0 aromatic carbocycles. The van der Waals surface area contributed by atoms with Gasteiger partial charge in [-0.3, -0.25) is 9.69 Å². The second kappa shape index (κ2) is 20.0. The number of ether oxygens (including phenoxy) is 6. The lowest BCUT2D eigenvalue weighted by molar-refractivity contribution is -0.383. The number of carboxylic acid groups (broad SMARTS) is 1. The molecule has 4 heterocycles. The maximum Gasteiger partial charge on any atom is 0.364 e. The van der Waals surface area contributed by atoms with Gasteiger partial charge in [-0.25, -0.2) is 4.79 Å². The Bertz CT molecular complexity index is 1270. The molecule has 0 aromatic rings. The van der Waals surface area contributed by atoms with Crippen LogP contribution in [0.1, 0.15) is 40.0 Å². The molecule has 4 rings (SSSR count). The lowest BCUT2D eigenvalue weighted by Gasteiger charge is -2.52. The number of aliphatic hydroxyl groups is 12. The molecule has 4 aliphatic heterocycles. The van der Waals surface area contributed by atoms with Crippen molar-refractivity contribution in [2.45, 2.75) is 162 Å². The van der Waals surface area contributed by atoms with Crippen LogP contribution >= 0.6 is 0 Å². The van der Waals surface area contributed by atoms with E-state index in [1.54, 1.807) is 4.90 Å². The Hall–Kier alpha value is -1.82. The fourth-order valence-corrected chi connectivity index (χ4v) is 7.51. The zero-order chi connectivity index (χ0) is 41.8. The predicted molar refractivity (Wildman–Crippen MR) is 181 cm³/mol. The van der Waals surface area contributed by atoms with Crippen molar-refractivity contribution in [2.24, 2.45) is 0 Å². The minimum Gasteiger partial charge on any atom is -0.477 e. The van der Waals surface area contributed by atoms with Crippen molar-refractivity contribution in [1.82, 2.24) is 10.2 Å². The standard InChI is InChI=1S/C33H58N2O21/c1-4-5-6-35-8-16(41)27(26(14(35)9-36)53-30-24(47)23(46)20(43)12(2)51-30)54-31-25(48)29(22(45)18(11-38)52-31)56-33(32(49)50)7-15(40)19(34-13(3)39)28(55-33)21(44)17(42)10-37/h12,14-31,36-38,40-48H,4-11H2,1-3H3,(H,34,39)(H,49,50)/t12-,14+,15-,16-,17+,18+,19+,20+,21+,22-,23+,24-,25+,26+,27+,28+,29-,30-,31-,33-/m0/s1. The van der Waals surface area contributed by atoms with Crippen molar-refractivity contribution in [3.8, 4) is 0 Å². The highest BCUT2D eigenvalue weighted by Crippen LogP contribution is 2.39. The highest BCUT2D eigenvalue weighted by molar-refractivity contribution is 5.76. The second-order valence-corrected chi connectivity index (χ2v) is 14.7. The number of likely N-dealkylation sites (tertiary alicyclic amines) is 1. The van der Waals surface area contributed by atoms with E-state index < -0.39 is 160 Å². The highest BCUT2D eigenvalue weighted by Gasteiger charge is 2.60. The van der Waals surface area contributed by atoms with Gasteiger partial charge >= 0.3 is 5.97 Å². The van der Waals surface area contributed by atoms with E-state index in [-0.39, 0.29) is 6.54 Å². The fraction of sp³-hybridized carbons (Fsp3) is 0.939. The third kappa shape index (κ3) is 9.95. The summed E-state index contributed by atoms with van der Waals surface area (Å²) in [5.74, 6) is -5.79. The lowest BCUT2D eigenvalue weighted by atomic mass is 9.88. The van der Waals surface area contributed by atoms with Crippen LogP contribution in [-0.2, 0) is 38.0 Å². The van der Waals surface area contributed by atoms with Crippen molar-refractivity contribution < 1.29 is 104 Å². The van der Waals surface area contributed by atoms with Crippen LogP contribution in [0.2, 0.25) is 0 Å². The van der Waals surface area contributed by atoms with Gasteiger partial charge in [0.15, 0.2) is 12.6 Å². The smallest absolute Gasteiger partial charge is 0.364 e. The average molecular weight is 819 g/mol. The summed E-state index contributed by atoms with van der Waals surface area (Å²) in [6.07, 6.45) is -30.0. The fourth-order valence-electron chi connectivity index (χ4n) is 7.51. The Kier molecular flexibility index (Phi) is 16.7. The quantitative estimate of drug-likeness (QED) is 0.0688. The lowest BCUT2D eigenvalue weighted by Crippen LogP contribution is -2.71. The van der Waals surface area contributed by atoms with Gasteiger partial charge in [-0.2, -0.15) is 0 Å². The third-order valence-corrected chi connectivity index (χ3v) is 10.7. The minimum absolute atomic E-state index is 0.136. The van der Waals surface area contributed by atoms with Crippen molar-refractivity contribution >= 4 is 11.9 Å². The van der Waals surface area contributed by atoms with Crippen LogP contribution in [0.25, 0.3) is 0 Å². The number of unbranched alkanes of at least 4 members (excludes halogenated alkanes) is 1. The molecule has 0 bridgehead atoms. The summed E-state index contributed by atoms with van der Waals surface area (Å²) >= 11 is 0. The monoisotopic (exact) mass is 818 g/mol. The third-order valence-electron chi connectivity index (χ3n) is 10.7. The van der Waals surface area contributed by atoms with Crippen molar-refractivity contribution in [2.75, 3.05) is 32.9 Å². The van der Waals surface area contributed by atoms with E-state index in [9.17, 15) is 76.0 Å². The summed E-state index contributed by atoms with van der Waals surface area (Å²) in [7, 11) is 0. The Morgan fingerprint density at radius 2 is 1.50 bits per heavy atom. The number of carbonyl (C=O) groups excluding carboxylic acids is 1. The van der Waals surface area contributed by atoms with E-state index in [2.05, 4.69) is 5.32 Å². The number of aliphatic carboxylic acids is 1. The van der Waals surface area contributed by atoms with E-state index in [4.69, 9.17) is 28.4 Å². The summed E-state index contributed by atoms with van der Waals surface area (Å²) in [6.45, 7) is 1.92. The number of carbonyl (C=O) groups is 2. The predicted octanol–water partition coefficient (Wildman–Crippen LogP) is -7.60. The molecular weight excluding hydrogens is 760 g/mol. The number of carboxylic acids is 1. The average Bonchev–Trinajstić information content (AvgIpc) is 3.15. The van der Waals surface area contributed by atoms with E-state index in [0.29, 0.717) is 13.0 Å². The number of piperidine rings is 1. The van der Waals surface area contributed by atoms with Crippen molar-refractivity contribution in [1.29, 1.82) is 0 Å². The number of nitrogens with zero attached hydrogens (tertiary/aromatic N) is 1. The van der Waals surface area contributed by atoms with Crippen molar-refractivity contribution in [3.05, 3.63) is 0 Å². The van der Waals surface area contributed by atoms with Gasteiger partial charge in [0.05, 0.1) is 50.2 Å². The molecule has 4 aliphatic rings. The van der Waals surface area contributed by atoms with Gasteiger partial charge in [0.25, 0.3) is 5.79 Å². The van der Waals surface area contributed by atoms with Gasteiger partial charge in [-0.1, -0.05) is 13.3 Å². The summed E-state index contributed by atoms with van der Waals surface area (Å²) in [6, 6.07) is -2.55. The largest absolute Gasteiger partial charge is 0.477 e. The van der Waals surface area contributed by atoms with Crippen LogP contribution in [0.4, 0.5) is 0 Å². The molecule has 23 nitrogen and oxygen atoms in total. The Balaban J connectivity index is 1.68. The molecule has 0 unspecified atom stereocenters. The molecule has 4 saturated heterocycles. The summed E-state index contributed by atoms with van der Waals surface area (Å²) < 4.78 is 34.8. The molecule has 0 saturated carbocycles. The number of hydrogen-bond acceptors (Lipinski definition) is 21. The number of hydrogen-bond donors (Lipinski definition) is 14. The molecule has 23 heteroatoms. The van der Waals surface area contributed by atoms with Gasteiger partial charge in [-0.15, -0.1) is 0 Å². The van der Waals surface area contributed by atoms with Gasteiger partial charge in [0.2, 0.25) is 5.91 Å². The van der Waals surface area contributed by atoms with Crippen molar-refractivity contribution in [3.63, 3.8) is 0 Å². The van der Waals surface area contributed by atoms with E-state index in [1.807, 2.05) is 6.92 Å². The van der Waals surface area contributed by atoms with Gasteiger partial charge in [0, 0.05) is 19.9 Å². The maximum absolute atomic E-state index is 12.9. The molecule has 1 amide bonds. The molecule has 0 radical (unpaired) electrons. The molecule has 0 aromatic heterocycles. The molecule has 4 fully saturated rings. The van der Waals surface area contributed by atoms with Gasteiger partial charge < -0.3 is 100 Å². The topological polar surface area (TPSA) is 368 Å². The van der Waals surface area contributed by atoms with Crippen LogP contribution in [0.15, 0.2) is 0 Å². The Morgan fingerprint density at radius 1 is 0.857 bits per heavy atom. The first-order valence-electron chi connectivity index (χ1n) is 18.5. The summed E-state index contributed by atoms with van der Waals surface area (Å²) in [5.41, 5.74) is 0. The van der Waals surface area contributed by atoms with E-state index in [1.165, 1.54) is 6.92 Å². The SMILES string of the molecule is CCCCN1C[C@H](O)[C@@H](O[C@@H]2O[C@H](CO)[C@H](O)[C@H](O[C@]3(C(=O)O)C[C@H](O)[C@@H](NC(C)=O)[C@H]([C@H](O)[C@H](O)CO)O3)[C@H]2O)[C@H](O[C@@H]2O[C@@H](C)[C@@H](O)[C@@H](O)[C@@H]2O)[C@H]1CO. The first kappa shape index (κ1) is 46.9. The molecule has 0 spiro atoms. The highest BCUT2D eigenvalue weighted by atomic mass is 16.8.